The number of hydrogen-bond acceptors (Lipinski definition) is 7. The van der Waals surface area contributed by atoms with Gasteiger partial charge in [-0.15, -0.1) is 0 Å². The first kappa shape index (κ1) is 20.7. The zero-order valence-electron chi connectivity index (χ0n) is 16.7. The molecule has 0 unspecified atom stereocenters. The van der Waals surface area contributed by atoms with Gasteiger partial charge in [-0.05, 0) is 31.9 Å². The monoisotopic (exact) mass is 441 g/mol. The van der Waals surface area contributed by atoms with E-state index in [2.05, 4.69) is 25.2 Å². The maximum Gasteiger partial charge on any atom is 0.292 e. The van der Waals surface area contributed by atoms with Crippen LogP contribution in [-0.4, -0.2) is 43.4 Å². The van der Waals surface area contributed by atoms with Crippen LogP contribution in [0.5, 0.6) is 0 Å². The fraction of sp³-hybridized carbons (Fsp3) is 0.300. The second kappa shape index (κ2) is 8.68. The first-order valence-corrected chi connectivity index (χ1v) is 10.1. The van der Waals surface area contributed by atoms with Crippen molar-refractivity contribution in [2.24, 2.45) is 5.92 Å². The summed E-state index contributed by atoms with van der Waals surface area (Å²) in [6.45, 7) is 3.17. The van der Waals surface area contributed by atoms with Crippen molar-refractivity contribution in [3.8, 4) is 5.82 Å². The molecule has 1 fully saturated rings. The summed E-state index contributed by atoms with van der Waals surface area (Å²) < 4.78 is 1.88. The highest BCUT2D eigenvalue weighted by Crippen LogP contribution is 2.30. The Kier molecular flexibility index (Phi) is 5.81. The zero-order chi connectivity index (χ0) is 22.0. The number of amides is 1. The number of aromatic nitrogens is 4. The van der Waals surface area contributed by atoms with Gasteiger partial charge in [-0.1, -0.05) is 11.6 Å². The minimum atomic E-state index is -0.538. The normalized spacial score (nSPS) is 14.5. The maximum absolute atomic E-state index is 12.7. The van der Waals surface area contributed by atoms with Crippen LogP contribution in [0.25, 0.3) is 5.82 Å². The van der Waals surface area contributed by atoms with E-state index in [1.165, 1.54) is 24.5 Å². The number of nitro benzene ring substituents is 1. The van der Waals surface area contributed by atoms with Gasteiger partial charge in [-0.2, -0.15) is 0 Å². The summed E-state index contributed by atoms with van der Waals surface area (Å²) in [5.41, 5.74) is -0.0698. The molecule has 0 atom stereocenters. The summed E-state index contributed by atoms with van der Waals surface area (Å²) in [7, 11) is 0. The van der Waals surface area contributed by atoms with Crippen LogP contribution in [-0.2, 0) is 4.79 Å². The Labute approximate surface area is 183 Å². The molecule has 0 radical (unpaired) electrons. The summed E-state index contributed by atoms with van der Waals surface area (Å²) in [5, 5.41) is 14.2. The summed E-state index contributed by atoms with van der Waals surface area (Å²) in [6, 6.07) is 6.00. The van der Waals surface area contributed by atoms with Crippen LogP contribution >= 0.6 is 11.6 Å². The van der Waals surface area contributed by atoms with Gasteiger partial charge in [0.25, 0.3) is 5.69 Å². The van der Waals surface area contributed by atoms with Gasteiger partial charge in [0.05, 0.1) is 4.92 Å². The average Bonchev–Trinajstić information content (AvgIpc) is 3.19. The third-order valence-corrected chi connectivity index (χ3v) is 5.55. The number of carbonyl (C=O) groups excluding carboxylic acids is 1. The summed E-state index contributed by atoms with van der Waals surface area (Å²) in [6.07, 6.45) is 6.27. The Morgan fingerprint density at radius 1 is 1.19 bits per heavy atom. The Bertz CT molecular complexity index is 1130. The molecule has 11 heteroatoms. The Hall–Kier alpha value is -3.53. The fourth-order valence-electron chi connectivity index (χ4n) is 3.64. The molecule has 1 N–H and O–H groups in total. The van der Waals surface area contributed by atoms with Crippen molar-refractivity contribution in [1.82, 2.24) is 19.5 Å². The molecule has 1 aromatic carbocycles. The van der Waals surface area contributed by atoms with Crippen molar-refractivity contribution in [1.29, 1.82) is 0 Å². The van der Waals surface area contributed by atoms with Crippen LogP contribution < -0.4 is 10.2 Å². The number of rotatable bonds is 5. The quantitative estimate of drug-likeness (QED) is 0.476. The van der Waals surface area contributed by atoms with E-state index in [1.807, 2.05) is 23.8 Å². The number of nitrogens with one attached hydrogen (secondary N) is 1. The lowest BCUT2D eigenvalue weighted by atomic mass is 9.95. The van der Waals surface area contributed by atoms with Crippen LogP contribution in [0, 0.1) is 23.0 Å². The Morgan fingerprint density at radius 2 is 1.94 bits per heavy atom. The predicted molar refractivity (Wildman–Crippen MR) is 116 cm³/mol. The number of imidazole rings is 1. The predicted octanol–water partition coefficient (Wildman–Crippen LogP) is 3.39. The molecule has 3 aromatic rings. The molecule has 0 bridgehead atoms. The summed E-state index contributed by atoms with van der Waals surface area (Å²) in [5.74, 6) is 1.83. The molecule has 10 nitrogen and oxygen atoms in total. The molecule has 31 heavy (non-hydrogen) atoms. The van der Waals surface area contributed by atoms with Crippen LogP contribution in [0.3, 0.4) is 0 Å². The molecule has 1 amide bonds. The van der Waals surface area contributed by atoms with Crippen molar-refractivity contribution in [3.63, 3.8) is 0 Å². The van der Waals surface area contributed by atoms with Crippen molar-refractivity contribution < 1.29 is 9.72 Å². The number of benzene rings is 1. The van der Waals surface area contributed by atoms with Crippen LogP contribution in [0.15, 0.2) is 43.0 Å². The SMILES string of the molecule is Cc1nccn1-c1cc(N2CCC(C(=O)Nc3cc(Cl)ccc3[N+](=O)[O-])CC2)ncn1. The first-order valence-electron chi connectivity index (χ1n) is 9.74. The molecule has 0 saturated carbocycles. The van der Waals surface area contributed by atoms with Gasteiger partial charge in [-0.3, -0.25) is 19.5 Å². The highest BCUT2D eigenvalue weighted by atomic mass is 35.5. The third kappa shape index (κ3) is 4.48. The van der Waals surface area contributed by atoms with Gasteiger partial charge >= 0.3 is 0 Å². The number of piperidine rings is 1. The number of anilines is 2. The lowest BCUT2D eigenvalue weighted by Crippen LogP contribution is -2.38. The van der Waals surface area contributed by atoms with Gasteiger partial charge in [0.15, 0.2) is 0 Å². The van der Waals surface area contributed by atoms with E-state index in [4.69, 9.17) is 11.6 Å². The molecular formula is C20H20ClN7O3. The topological polar surface area (TPSA) is 119 Å². The lowest BCUT2D eigenvalue weighted by Gasteiger charge is -2.32. The van der Waals surface area contributed by atoms with E-state index in [-0.39, 0.29) is 23.2 Å². The van der Waals surface area contributed by atoms with Gasteiger partial charge in [0.1, 0.15) is 29.5 Å². The van der Waals surface area contributed by atoms with Gasteiger partial charge < -0.3 is 10.2 Å². The van der Waals surface area contributed by atoms with Crippen LogP contribution in [0.4, 0.5) is 17.2 Å². The second-order valence-corrected chi connectivity index (χ2v) is 7.68. The molecule has 1 aliphatic rings. The molecule has 4 rings (SSSR count). The molecule has 2 aromatic heterocycles. The van der Waals surface area contributed by atoms with E-state index in [0.29, 0.717) is 31.0 Å². The highest BCUT2D eigenvalue weighted by Gasteiger charge is 2.27. The highest BCUT2D eigenvalue weighted by molar-refractivity contribution is 6.31. The van der Waals surface area contributed by atoms with Gasteiger partial charge in [-0.25, -0.2) is 15.0 Å². The standard InChI is InChI=1S/C20H20ClN7O3/c1-13-22-6-9-27(13)19-11-18(23-12-24-19)26-7-4-14(5-8-26)20(29)25-16-10-15(21)2-3-17(16)28(30)31/h2-3,6,9-12,14H,4-5,7-8H2,1H3,(H,25,29). The maximum atomic E-state index is 12.7. The average molecular weight is 442 g/mol. The smallest absolute Gasteiger partial charge is 0.292 e. The Balaban J connectivity index is 1.42. The van der Waals surface area contributed by atoms with Crippen molar-refractivity contribution >= 4 is 34.7 Å². The number of aryl methyl sites for hydroxylation is 1. The largest absolute Gasteiger partial charge is 0.356 e. The fourth-order valence-corrected chi connectivity index (χ4v) is 3.81. The van der Waals surface area contributed by atoms with E-state index >= 15 is 0 Å². The third-order valence-electron chi connectivity index (χ3n) is 5.31. The van der Waals surface area contributed by atoms with E-state index < -0.39 is 4.92 Å². The second-order valence-electron chi connectivity index (χ2n) is 7.25. The van der Waals surface area contributed by atoms with E-state index in [1.54, 1.807) is 6.20 Å². The van der Waals surface area contributed by atoms with Crippen LogP contribution in [0.2, 0.25) is 5.02 Å². The van der Waals surface area contributed by atoms with Crippen LogP contribution in [0.1, 0.15) is 18.7 Å². The Morgan fingerprint density at radius 3 is 2.61 bits per heavy atom. The molecule has 160 valence electrons. The minimum Gasteiger partial charge on any atom is -0.356 e. The number of carbonyl (C=O) groups is 1. The van der Waals surface area contributed by atoms with Crippen molar-refractivity contribution in [2.45, 2.75) is 19.8 Å². The molecular weight excluding hydrogens is 422 g/mol. The minimum absolute atomic E-state index is 0.112. The summed E-state index contributed by atoms with van der Waals surface area (Å²) >= 11 is 5.94. The van der Waals surface area contributed by atoms with Gasteiger partial charge in [0.2, 0.25) is 5.91 Å². The van der Waals surface area contributed by atoms with E-state index in [9.17, 15) is 14.9 Å². The number of nitro groups is 1. The molecule has 3 heterocycles. The molecule has 1 aliphatic heterocycles. The molecule has 0 spiro atoms. The number of hydrogen-bond donors (Lipinski definition) is 1. The summed E-state index contributed by atoms with van der Waals surface area (Å²) in [4.78, 5) is 38.4. The zero-order valence-corrected chi connectivity index (χ0v) is 17.5. The van der Waals surface area contributed by atoms with Crippen molar-refractivity contribution in [2.75, 3.05) is 23.3 Å². The first-order chi connectivity index (χ1) is 14.9. The lowest BCUT2D eigenvalue weighted by molar-refractivity contribution is -0.383. The van der Waals surface area contributed by atoms with Gasteiger partial charge in [0, 0.05) is 48.6 Å². The number of nitrogens with zero attached hydrogens (tertiary/aromatic N) is 6. The number of halogens is 1. The van der Waals surface area contributed by atoms with Crippen molar-refractivity contribution in [3.05, 3.63) is 63.9 Å². The van der Waals surface area contributed by atoms with E-state index in [0.717, 1.165) is 17.5 Å². The molecule has 0 aliphatic carbocycles. The molecule has 1 saturated heterocycles.